The van der Waals surface area contributed by atoms with Gasteiger partial charge in [-0.25, -0.2) is 9.78 Å². The first-order valence-electron chi connectivity index (χ1n) is 11.6. The Kier molecular flexibility index (Phi) is 7.73. The molecule has 1 aliphatic carbocycles. The Bertz CT molecular complexity index is 1280. The first kappa shape index (κ1) is 24.5. The number of anilines is 1. The Labute approximate surface area is 206 Å². The Hall–Kier alpha value is -2.65. The van der Waals surface area contributed by atoms with Crippen LogP contribution in [-0.2, 0) is 22.4 Å². The SMILES string of the molecule is CCC(C)n1c(SCC(=O)Nc2sc3c(c2C(=O)OC)CCCCC3)nc2ccccc2c1=O. The summed E-state index contributed by atoms with van der Waals surface area (Å²) in [5, 5.41) is 4.57. The minimum absolute atomic E-state index is 0.0472. The standard InChI is InChI=1S/C25H29N3O4S2/c1-4-15(2)28-23(30)16-10-8-9-12-18(16)26-25(28)33-14-20(29)27-22-21(24(31)32-3)17-11-6-5-7-13-19(17)34-22/h8-10,12,15H,4-7,11,13-14H2,1-3H3,(H,27,29). The Morgan fingerprint density at radius 3 is 2.76 bits per heavy atom. The summed E-state index contributed by atoms with van der Waals surface area (Å²) in [4.78, 5) is 44.4. The van der Waals surface area contributed by atoms with Crippen molar-refractivity contribution >= 4 is 50.9 Å². The summed E-state index contributed by atoms with van der Waals surface area (Å²) in [7, 11) is 1.37. The lowest BCUT2D eigenvalue weighted by Crippen LogP contribution is -2.26. The number of carbonyl (C=O) groups excluding carboxylic acids is 2. The van der Waals surface area contributed by atoms with Crippen molar-refractivity contribution in [3.05, 3.63) is 50.6 Å². The van der Waals surface area contributed by atoms with Gasteiger partial charge in [0.15, 0.2) is 5.16 Å². The van der Waals surface area contributed by atoms with Gasteiger partial charge in [-0.2, -0.15) is 0 Å². The van der Waals surface area contributed by atoms with Crippen LogP contribution in [0.3, 0.4) is 0 Å². The number of thioether (sulfide) groups is 1. The smallest absolute Gasteiger partial charge is 0.341 e. The van der Waals surface area contributed by atoms with Crippen LogP contribution in [0.5, 0.6) is 0 Å². The molecule has 1 unspecified atom stereocenters. The zero-order chi connectivity index (χ0) is 24.2. The quantitative estimate of drug-likeness (QED) is 0.208. The van der Waals surface area contributed by atoms with E-state index in [0.29, 0.717) is 26.6 Å². The molecule has 0 radical (unpaired) electrons. The maximum absolute atomic E-state index is 13.1. The molecule has 4 rings (SSSR count). The number of methoxy groups -OCH3 is 1. The predicted molar refractivity (Wildman–Crippen MR) is 137 cm³/mol. The number of esters is 1. The minimum Gasteiger partial charge on any atom is -0.465 e. The van der Waals surface area contributed by atoms with Crippen LogP contribution in [0, 0.1) is 0 Å². The van der Waals surface area contributed by atoms with E-state index in [2.05, 4.69) is 10.3 Å². The van der Waals surface area contributed by atoms with E-state index in [1.165, 1.54) is 30.2 Å². The van der Waals surface area contributed by atoms with Crippen LogP contribution in [0.2, 0.25) is 0 Å². The molecular weight excluding hydrogens is 470 g/mol. The summed E-state index contributed by atoms with van der Waals surface area (Å²) < 4.78 is 6.70. The van der Waals surface area contributed by atoms with E-state index < -0.39 is 5.97 Å². The average Bonchev–Trinajstić information content (AvgIpc) is 3.01. The summed E-state index contributed by atoms with van der Waals surface area (Å²) in [5.41, 5.74) is 2.02. The second kappa shape index (κ2) is 10.7. The number of aryl methyl sites for hydroxylation is 1. The van der Waals surface area contributed by atoms with Crippen molar-refractivity contribution in [3.63, 3.8) is 0 Å². The van der Waals surface area contributed by atoms with E-state index in [0.717, 1.165) is 49.0 Å². The maximum Gasteiger partial charge on any atom is 0.341 e. The zero-order valence-electron chi connectivity index (χ0n) is 19.7. The monoisotopic (exact) mass is 499 g/mol. The van der Waals surface area contributed by atoms with Crippen molar-refractivity contribution in [2.75, 3.05) is 18.2 Å². The Balaban J connectivity index is 1.58. The second-order valence-corrected chi connectivity index (χ2v) is 10.5. The van der Waals surface area contributed by atoms with E-state index in [4.69, 9.17) is 4.74 Å². The van der Waals surface area contributed by atoms with Crippen LogP contribution in [0.4, 0.5) is 5.00 Å². The number of hydrogen-bond donors (Lipinski definition) is 1. The molecule has 1 atom stereocenters. The fourth-order valence-corrected chi connectivity index (χ4v) is 6.43. The highest BCUT2D eigenvalue weighted by atomic mass is 32.2. The first-order valence-corrected chi connectivity index (χ1v) is 13.4. The van der Waals surface area contributed by atoms with Crippen molar-refractivity contribution in [1.82, 2.24) is 9.55 Å². The third kappa shape index (κ3) is 4.90. The van der Waals surface area contributed by atoms with Crippen molar-refractivity contribution in [2.45, 2.75) is 63.6 Å². The summed E-state index contributed by atoms with van der Waals surface area (Å²) in [6, 6.07) is 7.21. The van der Waals surface area contributed by atoms with E-state index in [1.807, 2.05) is 32.0 Å². The number of benzene rings is 1. The van der Waals surface area contributed by atoms with Gasteiger partial charge < -0.3 is 10.1 Å². The number of nitrogens with zero attached hydrogens (tertiary/aromatic N) is 2. The lowest BCUT2D eigenvalue weighted by atomic mass is 10.1. The molecule has 7 nitrogen and oxygen atoms in total. The number of aromatic nitrogens is 2. The molecule has 34 heavy (non-hydrogen) atoms. The number of fused-ring (bicyclic) bond motifs is 2. The van der Waals surface area contributed by atoms with Crippen molar-refractivity contribution in [3.8, 4) is 0 Å². The lowest BCUT2D eigenvalue weighted by molar-refractivity contribution is -0.113. The summed E-state index contributed by atoms with van der Waals surface area (Å²) in [6.45, 7) is 3.99. The van der Waals surface area contributed by atoms with Gasteiger partial charge in [0.25, 0.3) is 5.56 Å². The van der Waals surface area contributed by atoms with E-state index in [1.54, 1.807) is 10.6 Å². The number of hydrogen-bond acceptors (Lipinski definition) is 7. The van der Waals surface area contributed by atoms with Gasteiger partial charge in [0.1, 0.15) is 5.00 Å². The fourth-order valence-electron chi connectivity index (χ4n) is 4.24. The van der Waals surface area contributed by atoms with E-state index >= 15 is 0 Å². The Morgan fingerprint density at radius 2 is 2.00 bits per heavy atom. The van der Waals surface area contributed by atoms with Crippen molar-refractivity contribution < 1.29 is 14.3 Å². The second-order valence-electron chi connectivity index (χ2n) is 8.44. The van der Waals surface area contributed by atoms with Crippen LogP contribution in [0.1, 0.15) is 66.4 Å². The molecule has 1 N–H and O–H groups in total. The summed E-state index contributed by atoms with van der Waals surface area (Å²) >= 11 is 2.71. The van der Waals surface area contributed by atoms with Gasteiger partial charge in [-0.15, -0.1) is 11.3 Å². The van der Waals surface area contributed by atoms with Gasteiger partial charge in [-0.05, 0) is 56.7 Å². The summed E-state index contributed by atoms with van der Waals surface area (Å²) in [5.74, 6) is -0.585. The molecule has 3 aromatic rings. The number of para-hydroxylation sites is 1. The normalized spacial score (nSPS) is 14.3. The molecule has 0 spiro atoms. The van der Waals surface area contributed by atoms with E-state index in [9.17, 15) is 14.4 Å². The fraction of sp³-hybridized carbons (Fsp3) is 0.440. The van der Waals surface area contributed by atoms with Gasteiger partial charge >= 0.3 is 5.97 Å². The molecule has 1 aromatic carbocycles. The molecule has 1 aliphatic rings. The molecule has 0 saturated heterocycles. The van der Waals surface area contributed by atoms with Gasteiger partial charge in [0.05, 0.1) is 29.3 Å². The number of thiophene rings is 1. The highest BCUT2D eigenvalue weighted by molar-refractivity contribution is 7.99. The number of ether oxygens (including phenoxy) is 1. The predicted octanol–water partition coefficient (Wildman–Crippen LogP) is 5.22. The number of carbonyl (C=O) groups is 2. The molecular formula is C25H29N3O4S2. The molecule has 0 saturated carbocycles. The molecule has 180 valence electrons. The molecule has 1 amide bonds. The van der Waals surface area contributed by atoms with Gasteiger partial charge in [0, 0.05) is 10.9 Å². The zero-order valence-corrected chi connectivity index (χ0v) is 21.3. The van der Waals surface area contributed by atoms with Crippen LogP contribution in [0.15, 0.2) is 34.2 Å². The largest absolute Gasteiger partial charge is 0.465 e. The highest BCUT2D eigenvalue weighted by Crippen LogP contribution is 2.38. The molecule has 2 aromatic heterocycles. The lowest BCUT2D eigenvalue weighted by Gasteiger charge is -2.18. The van der Waals surface area contributed by atoms with Crippen LogP contribution < -0.4 is 10.9 Å². The van der Waals surface area contributed by atoms with Gasteiger partial charge in [-0.3, -0.25) is 14.2 Å². The van der Waals surface area contributed by atoms with Crippen LogP contribution in [0.25, 0.3) is 10.9 Å². The first-order chi connectivity index (χ1) is 16.4. The number of nitrogens with one attached hydrogen (secondary N) is 1. The van der Waals surface area contributed by atoms with Gasteiger partial charge in [-0.1, -0.05) is 37.2 Å². The number of amides is 1. The number of rotatable bonds is 7. The Morgan fingerprint density at radius 1 is 1.24 bits per heavy atom. The minimum atomic E-state index is -0.413. The topological polar surface area (TPSA) is 90.3 Å². The molecule has 0 aliphatic heterocycles. The third-order valence-corrected chi connectivity index (χ3v) is 8.36. The van der Waals surface area contributed by atoms with Crippen LogP contribution in [-0.4, -0.2) is 34.3 Å². The highest BCUT2D eigenvalue weighted by Gasteiger charge is 2.26. The van der Waals surface area contributed by atoms with Crippen molar-refractivity contribution in [1.29, 1.82) is 0 Å². The third-order valence-electron chi connectivity index (χ3n) is 6.20. The van der Waals surface area contributed by atoms with Crippen molar-refractivity contribution in [2.24, 2.45) is 0 Å². The maximum atomic E-state index is 13.1. The molecule has 9 heteroatoms. The van der Waals surface area contributed by atoms with Gasteiger partial charge in [0.2, 0.25) is 5.91 Å². The van der Waals surface area contributed by atoms with Crippen LogP contribution >= 0.6 is 23.1 Å². The summed E-state index contributed by atoms with van der Waals surface area (Å²) in [6.07, 6.45) is 5.75. The molecule has 2 heterocycles. The van der Waals surface area contributed by atoms with E-state index in [-0.39, 0.29) is 23.3 Å². The molecule has 0 fully saturated rings. The molecule has 0 bridgehead atoms. The average molecular weight is 500 g/mol.